The molecule has 0 aliphatic heterocycles. The lowest BCUT2D eigenvalue weighted by Crippen LogP contribution is -2.44. The molecule has 76 valence electrons. The summed E-state index contributed by atoms with van der Waals surface area (Å²) in [5.74, 6) is 2.96. The molecule has 0 spiro atoms. The minimum Gasteiger partial charge on any atom is -0.316 e. The van der Waals surface area contributed by atoms with E-state index in [0.29, 0.717) is 0 Å². The van der Waals surface area contributed by atoms with Gasteiger partial charge in [0.1, 0.15) is 0 Å². The fourth-order valence-electron chi connectivity index (χ4n) is 3.31. The van der Waals surface area contributed by atoms with Crippen LogP contribution in [0.5, 0.6) is 0 Å². The van der Waals surface area contributed by atoms with E-state index in [2.05, 4.69) is 19.3 Å². The van der Waals surface area contributed by atoms with Crippen molar-refractivity contribution in [2.24, 2.45) is 17.8 Å². The summed E-state index contributed by atoms with van der Waals surface area (Å²) in [6.07, 6.45) is 8.85. The molecule has 1 heteroatoms. The van der Waals surface area contributed by atoms with Gasteiger partial charge in [0.15, 0.2) is 0 Å². The molecule has 3 unspecified atom stereocenters. The van der Waals surface area contributed by atoms with Gasteiger partial charge in [-0.2, -0.15) is 0 Å². The number of hydrogen-bond donors (Lipinski definition) is 1. The first-order valence-corrected chi connectivity index (χ1v) is 6.00. The molecule has 0 saturated heterocycles. The Morgan fingerprint density at radius 1 is 1.08 bits per heavy atom. The van der Waals surface area contributed by atoms with Gasteiger partial charge in [0.25, 0.3) is 0 Å². The van der Waals surface area contributed by atoms with E-state index < -0.39 is 0 Å². The predicted octanol–water partition coefficient (Wildman–Crippen LogP) is 2.81. The second kappa shape index (κ2) is 4.00. The topological polar surface area (TPSA) is 12.0 Å². The first-order chi connectivity index (χ1) is 6.33. The molecule has 2 rings (SSSR count). The Balaban J connectivity index is 1.94. The van der Waals surface area contributed by atoms with Crippen molar-refractivity contribution >= 4 is 0 Å². The van der Waals surface area contributed by atoms with E-state index >= 15 is 0 Å². The Kier molecular flexibility index (Phi) is 2.92. The molecular formula is C12H23N. The van der Waals surface area contributed by atoms with Gasteiger partial charge in [-0.25, -0.2) is 0 Å². The van der Waals surface area contributed by atoms with Gasteiger partial charge in [0.05, 0.1) is 0 Å². The van der Waals surface area contributed by atoms with Crippen LogP contribution < -0.4 is 5.32 Å². The zero-order valence-corrected chi connectivity index (χ0v) is 9.05. The Morgan fingerprint density at radius 2 is 1.77 bits per heavy atom. The molecule has 0 bridgehead atoms. The SMILES string of the molecule is CNC(C1CCC1)C1CCCC1C. The lowest BCUT2D eigenvalue weighted by molar-refractivity contribution is 0.161. The third-order valence-electron chi connectivity index (χ3n) is 4.38. The number of nitrogens with one attached hydrogen (secondary N) is 1. The maximum Gasteiger partial charge on any atom is 0.0123 e. The van der Waals surface area contributed by atoms with Gasteiger partial charge in [-0.05, 0) is 44.1 Å². The van der Waals surface area contributed by atoms with Crippen molar-refractivity contribution in [2.75, 3.05) is 7.05 Å². The lowest BCUT2D eigenvalue weighted by atomic mass is 9.72. The highest BCUT2D eigenvalue weighted by Gasteiger charge is 2.36. The van der Waals surface area contributed by atoms with E-state index in [1.54, 1.807) is 0 Å². The van der Waals surface area contributed by atoms with Crippen LogP contribution in [0.25, 0.3) is 0 Å². The van der Waals surface area contributed by atoms with Crippen LogP contribution in [0.4, 0.5) is 0 Å². The van der Waals surface area contributed by atoms with Crippen molar-refractivity contribution < 1.29 is 0 Å². The summed E-state index contributed by atoms with van der Waals surface area (Å²) in [4.78, 5) is 0. The van der Waals surface area contributed by atoms with Crippen molar-refractivity contribution in [2.45, 2.75) is 51.5 Å². The Bertz CT molecular complexity index is 163. The van der Waals surface area contributed by atoms with Gasteiger partial charge in [-0.3, -0.25) is 0 Å². The molecule has 0 aromatic rings. The summed E-state index contributed by atoms with van der Waals surface area (Å²) in [6, 6.07) is 0.839. The average molecular weight is 181 g/mol. The Labute approximate surface area is 82.3 Å². The van der Waals surface area contributed by atoms with Crippen molar-refractivity contribution in [3.63, 3.8) is 0 Å². The molecule has 0 aromatic heterocycles. The van der Waals surface area contributed by atoms with Crippen LogP contribution in [0.1, 0.15) is 45.4 Å². The van der Waals surface area contributed by atoms with E-state index in [4.69, 9.17) is 0 Å². The predicted molar refractivity (Wildman–Crippen MR) is 56.7 cm³/mol. The van der Waals surface area contributed by atoms with Gasteiger partial charge in [-0.1, -0.05) is 26.2 Å². The van der Waals surface area contributed by atoms with Crippen LogP contribution in [0.3, 0.4) is 0 Å². The fraction of sp³-hybridized carbons (Fsp3) is 1.00. The fourth-order valence-corrected chi connectivity index (χ4v) is 3.31. The smallest absolute Gasteiger partial charge is 0.0123 e. The van der Waals surface area contributed by atoms with Crippen LogP contribution >= 0.6 is 0 Å². The third-order valence-corrected chi connectivity index (χ3v) is 4.38. The van der Waals surface area contributed by atoms with Crippen LogP contribution in [0.2, 0.25) is 0 Å². The first-order valence-electron chi connectivity index (χ1n) is 6.00. The zero-order valence-electron chi connectivity index (χ0n) is 9.05. The summed E-state index contributed by atoms with van der Waals surface area (Å²) < 4.78 is 0. The molecule has 1 nitrogen and oxygen atoms in total. The second-order valence-corrected chi connectivity index (χ2v) is 5.08. The number of rotatable bonds is 3. The third kappa shape index (κ3) is 1.76. The van der Waals surface area contributed by atoms with E-state index in [-0.39, 0.29) is 0 Å². The van der Waals surface area contributed by atoms with Gasteiger partial charge in [0, 0.05) is 6.04 Å². The second-order valence-electron chi connectivity index (χ2n) is 5.08. The van der Waals surface area contributed by atoms with Crippen LogP contribution in [0, 0.1) is 17.8 Å². The van der Waals surface area contributed by atoms with Gasteiger partial charge in [0.2, 0.25) is 0 Å². The maximum absolute atomic E-state index is 3.58. The minimum absolute atomic E-state index is 0.839. The van der Waals surface area contributed by atoms with Crippen molar-refractivity contribution in [1.82, 2.24) is 5.32 Å². The van der Waals surface area contributed by atoms with Gasteiger partial charge < -0.3 is 5.32 Å². The van der Waals surface area contributed by atoms with Crippen LogP contribution in [-0.4, -0.2) is 13.1 Å². The van der Waals surface area contributed by atoms with Crippen molar-refractivity contribution in [1.29, 1.82) is 0 Å². The Morgan fingerprint density at radius 3 is 2.15 bits per heavy atom. The molecule has 2 aliphatic rings. The molecule has 0 heterocycles. The monoisotopic (exact) mass is 181 g/mol. The molecule has 1 N–H and O–H groups in total. The van der Waals surface area contributed by atoms with E-state index in [1.807, 2.05) is 0 Å². The molecular weight excluding hydrogens is 158 g/mol. The zero-order chi connectivity index (χ0) is 9.26. The van der Waals surface area contributed by atoms with Gasteiger partial charge >= 0.3 is 0 Å². The highest BCUT2D eigenvalue weighted by Crippen LogP contribution is 2.41. The average Bonchev–Trinajstić information content (AvgIpc) is 2.43. The molecule has 0 radical (unpaired) electrons. The summed E-state index contributed by atoms with van der Waals surface area (Å²) in [5.41, 5.74) is 0. The largest absolute Gasteiger partial charge is 0.316 e. The van der Waals surface area contributed by atoms with Crippen LogP contribution in [-0.2, 0) is 0 Å². The number of hydrogen-bond acceptors (Lipinski definition) is 1. The molecule has 3 atom stereocenters. The molecule has 2 saturated carbocycles. The Hall–Kier alpha value is -0.0400. The summed E-state index contributed by atoms with van der Waals surface area (Å²) in [7, 11) is 2.16. The molecule has 13 heavy (non-hydrogen) atoms. The van der Waals surface area contributed by atoms with Gasteiger partial charge in [-0.15, -0.1) is 0 Å². The first kappa shape index (κ1) is 9.51. The minimum atomic E-state index is 0.839. The summed E-state index contributed by atoms with van der Waals surface area (Å²) >= 11 is 0. The van der Waals surface area contributed by atoms with E-state index in [9.17, 15) is 0 Å². The van der Waals surface area contributed by atoms with E-state index in [1.165, 1.54) is 38.5 Å². The maximum atomic E-state index is 3.58. The standard InChI is InChI=1S/C12H23N/c1-9-5-3-8-11(9)12(13-2)10-6-4-7-10/h9-13H,3-8H2,1-2H3. The molecule has 0 amide bonds. The van der Waals surface area contributed by atoms with Crippen molar-refractivity contribution in [3.05, 3.63) is 0 Å². The molecule has 2 aliphatic carbocycles. The normalized spacial score (nSPS) is 37.4. The lowest BCUT2D eigenvalue weighted by Gasteiger charge is -2.38. The highest BCUT2D eigenvalue weighted by molar-refractivity contribution is 4.91. The summed E-state index contributed by atoms with van der Waals surface area (Å²) in [6.45, 7) is 2.45. The molecule has 2 fully saturated rings. The quantitative estimate of drug-likeness (QED) is 0.706. The summed E-state index contributed by atoms with van der Waals surface area (Å²) in [5, 5.41) is 3.58. The van der Waals surface area contributed by atoms with Crippen molar-refractivity contribution in [3.8, 4) is 0 Å². The van der Waals surface area contributed by atoms with E-state index in [0.717, 1.165) is 23.8 Å². The highest BCUT2D eigenvalue weighted by atomic mass is 14.9. The van der Waals surface area contributed by atoms with Crippen LogP contribution in [0.15, 0.2) is 0 Å². The molecule has 0 aromatic carbocycles.